The summed E-state index contributed by atoms with van der Waals surface area (Å²) in [5, 5.41) is 12.0. The molecular weight excluding hydrogens is 232 g/mol. The summed E-state index contributed by atoms with van der Waals surface area (Å²) in [5.74, 6) is 0.0308. The van der Waals surface area contributed by atoms with Gasteiger partial charge in [-0.1, -0.05) is 6.07 Å². The number of hydrogen-bond donors (Lipinski definition) is 3. The molecule has 0 aromatic heterocycles. The molecule has 100 valence electrons. The molecule has 0 spiro atoms. The molecule has 1 amide bonds. The lowest BCUT2D eigenvalue weighted by molar-refractivity contribution is 0.0508. The number of alkyl carbamates (subject to hydrolysis) is 1. The number of anilines is 1. The van der Waals surface area contributed by atoms with E-state index in [9.17, 15) is 9.90 Å². The molecule has 5 heteroatoms. The Labute approximate surface area is 107 Å². The topological polar surface area (TPSA) is 84.6 Å². The Bertz CT molecular complexity index is 438. The number of benzene rings is 1. The first-order valence-electron chi connectivity index (χ1n) is 5.77. The van der Waals surface area contributed by atoms with E-state index in [2.05, 4.69) is 5.32 Å². The number of amides is 1. The summed E-state index contributed by atoms with van der Waals surface area (Å²) < 4.78 is 5.15. The second kappa shape index (κ2) is 5.16. The molecule has 0 aliphatic carbocycles. The van der Waals surface area contributed by atoms with E-state index in [1.165, 1.54) is 6.07 Å². The van der Waals surface area contributed by atoms with Crippen LogP contribution in [-0.4, -0.2) is 16.8 Å². The number of ether oxygens (including phenoxy) is 1. The van der Waals surface area contributed by atoms with Crippen molar-refractivity contribution >= 4 is 11.8 Å². The quantitative estimate of drug-likeness (QED) is 0.558. The summed E-state index contributed by atoms with van der Waals surface area (Å²) in [7, 11) is 0. The summed E-state index contributed by atoms with van der Waals surface area (Å²) in [4.78, 5) is 11.6. The minimum atomic E-state index is -0.530. The van der Waals surface area contributed by atoms with Crippen LogP contribution in [0, 0.1) is 0 Å². The fourth-order valence-corrected chi connectivity index (χ4v) is 1.41. The summed E-state index contributed by atoms with van der Waals surface area (Å²) in [6, 6.07) is 4.58. The molecule has 5 nitrogen and oxygen atoms in total. The number of nitrogens with one attached hydrogen (secondary N) is 1. The molecular formula is C13H20N2O3. The van der Waals surface area contributed by atoms with Gasteiger partial charge in [-0.3, -0.25) is 0 Å². The van der Waals surface area contributed by atoms with E-state index in [1.807, 2.05) is 6.92 Å². The van der Waals surface area contributed by atoms with Crippen LogP contribution in [0.5, 0.6) is 5.75 Å². The van der Waals surface area contributed by atoms with Crippen molar-refractivity contribution in [2.75, 3.05) is 5.73 Å². The predicted molar refractivity (Wildman–Crippen MR) is 70.3 cm³/mol. The third-order valence-corrected chi connectivity index (χ3v) is 2.28. The van der Waals surface area contributed by atoms with Gasteiger partial charge in [-0.05, 0) is 45.4 Å². The first-order chi connectivity index (χ1) is 8.19. The van der Waals surface area contributed by atoms with Gasteiger partial charge in [0.05, 0.1) is 11.7 Å². The maximum atomic E-state index is 11.6. The number of aromatic hydroxyl groups is 1. The molecule has 0 bridgehead atoms. The highest BCUT2D eigenvalue weighted by Crippen LogP contribution is 2.24. The molecule has 0 fully saturated rings. The Morgan fingerprint density at radius 1 is 1.44 bits per heavy atom. The smallest absolute Gasteiger partial charge is 0.408 e. The first kappa shape index (κ1) is 14.2. The first-order valence-corrected chi connectivity index (χ1v) is 5.77. The maximum absolute atomic E-state index is 11.6. The van der Waals surface area contributed by atoms with Crippen molar-refractivity contribution in [2.24, 2.45) is 0 Å². The zero-order valence-electron chi connectivity index (χ0n) is 11.2. The van der Waals surface area contributed by atoms with Gasteiger partial charge in [0.1, 0.15) is 11.4 Å². The molecule has 1 atom stereocenters. The minimum Gasteiger partial charge on any atom is -0.506 e. The van der Waals surface area contributed by atoms with Crippen LogP contribution in [0.1, 0.15) is 39.3 Å². The third-order valence-electron chi connectivity index (χ3n) is 2.28. The van der Waals surface area contributed by atoms with Crippen molar-refractivity contribution in [3.05, 3.63) is 23.8 Å². The van der Waals surface area contributed by atoms with E-state index >= 15 is 0 Å². The van der Waals surface area contributed by atoms with Crippen LogP contribution in [0.4, 0.5) is 10.5 Å². The number of phenols is 1. The highest BCUT2D eigenvalue weighted by atomic mass is 16.6. The molecule has 0 saturated carbocycles. The van der Waals surface area contributed by atoms with Gasteiger partial charge >= 0.3 is 6.09 Å². The lowest BCUT2D eigenvalue weighted by atomic mass is 10.1. The van der Waals surface area contributed by atoms with Crippen LogP contribution in [0.3, 0.4) is 0 Å². The van der Waals surface area contributed by atoms with Crippen LogP contribution in [-0.2, 0) is 4.74 Å². The molecule has 18 heavy (non-hydrogen) atoms. The summed E-state index contributed by atoms with van der Waals surface area (Å²) in [6.45, 7) is 7.22. The Kier molecular flexibility index (Phi) is 4.06. The van der Waals surface area contributed by atoms with E-state index < -0.39 is 11.7 Å². The van der Waals surface area contributed by atoms with E-state index in [4.69, 9.17) is 10.5 Å². The second-order valence-corrected chi connectivity index (χ2v) is 5.19. The SMILES string of the molecule is CC(NC(=O)OC(C)(C)C)c1ccc(O)c(N)c1. The van der Waals surface area contributed by atoms with Gasteiger partial charge in [-0.2, -0.15) is 0 Å². The Hall–Kier alpha value is -1.91. The summed E-state index contributed by atoms with van der Waals surface area (Å²) in [6.07, 6.45) is -0.485. The standard InChI is InChI=1S/C13H20N2O3/c1-8(15-12(17)18-13(2,3)4)9-5-6-11(16)10(14)7-9/h5-8,16H,14H2,1-4H3,(H,15,17). The van der Waals surface area contributed by atoms with Crippen LogP contribution in [0.15, 0.2) is 18.2 Å². The number of nitrogen functional groups attached to an aromatic ring is 1. The van der Waals surface area contributed by atoms with Crippen LogP contribution in [0.25, 0.3) is 0 Å². The van der Waals surface area contributed by atoms with Crippen LogP contribution >= 0.6 is 0 Å². The average Bonchev–Trinajstić information content (AvgIpc) is 2.18. The average molecular weight is 252 g/mol. The van der Waals surface area contributed by atoms with Crippen molar-refractivity contribution in [2.45, 2.75) is 39.3 Å². The molecule has 1 aromatic rings. The lowest BCUT2D eigenvalue weighted by Gasteiger charge is -2.22. The molecule has 0 heterocycles. The highest BCUT2D eigenvalue weighted by molar-refractivity contribution is 5.68. The van der Waals surface area contributed by atoms with E-state index in [0.717, 1.165) is 5.56 Å². The minimum absolute atomic E-state index is 0.0308. The van der Waals surface area contributed by atoms with Gasteiger partial charge in [-0.15, -0.1) is 0 Å². The molecule has 1 rings (SSSR count). The van der Waals surface area contributed by atoms with Crippen molar-refractivity contribution in [3.63, 3.8) is 0 Å². The van der Waals surface area contributed by atoms with Gasteiger partial charge in [0.25, 0.3) is 0 Å². The predicted octanol–water partition coefficient (Wildman–Crippen LogP) is 2.56. The van der Waals surface area contributed by atoms with Gasteiger partial charge in [-0.25, -0.2) is 4.79 Å². The maximum Gasteiger partial charge on any atom is 0.408 e. The Balaban J connectivity index is 2.68. The number of carbonyl (C=O) groups excluding carboxylic acids is 1. The van der Waals surface area contributed by atoms with Crippen LogP contribution < -0.4 is 11.1 Å². The number of rotatable bonds is 2. The van der Waals surface area contributed by atoms with Crippen molar-refractivity contribution in [1.82, 2.24) is 5.32 Å². The van der Waals surface area contributed by atoms with Crippen LogP contribution in [0.2, 0.25) is 0 Å². The highest BCUT2D eigenvalue weighted by Gasteiger charge is 2.18. The molecule has 0 aliphatic rings. The molecule has 1 unspecified atom stereocenters. The van der Waals surface area contributed by atoms with Gasteiger partial charge in [0.2, 0.25) is 0 Å². The second-order valence-electron chi connectivity index (χ2n) is 5.19. The zero-order valence-corrected chi connectivity index (χ0v) is 11.2. The molecule has 4 N–H and O–H groups in total. The number of carbonyl (C=O) groups is 1. The lowest BCUT2D eigenvalue weighted by Crippen LogP contribution is -2.34. The Morgan fingerprint density at radius 3 is 2.56 bits per heavy atom. The van der Waals surface area contributed by atoms with Crippen molar-refractivity contribution in [1.29, 1.82) is 0 Å². The monoisotopic (exact) mass is 252 g/mol. The van der Waals surface area contributed by atoms with Crippen molar-refractivity contribution < 1.29 is 14.6 Å². The molecule has 0 radical (unpaired) electrons. The van der Waals surface area contributed by atoms with E-state index in [1.54, 1.807) is 32.9 Å². The fraction of sp³-hybridized carbons (Fsp3) is 0.462. The zero-order chi connectivity index (χ0) is 13.9. The largest absolute Gasteiger partial charge is 0.506 e. The van der Waals surface area contributed by atoms with E-state index in [0.29, 0.717) is 0 Å². The van der Waals surface area contributed by atoms with Crippen molar-refractivity contribution in [3.8, 4) is 5.75 Å². The third kappa shape index (κ3) is 4.16. The molecule has 0 aliphatic heterocycles. The van der Waals surface area contributed by atoms with Gasteiger partial charge in [0.15, 0.2) is 0 Å². The van der Waals surface area contributed by atoms with Gasteiger partial charge < -0.3 is 20.9 Å². The molecule has 0 saturated heterocycles. The summed E-state index contributed by atoms with van der Waals surface area (Å²) in [5.41, 5.74) is 6.15. The number of phenolic OH excluding ortho intramolecular Hbond substituents is 1. The fourth-order valence-electron chi connectivity index (χ4n) is 1.41. The number of hydrogen-bond acceptors (Lipinski definition) is 4. The summed E-state index contributed by atoms with van der Waals surface area (Å²) >= 11 is 0. The number of nitrogens with two attached hydrogens (primary N) is 1. The normalized spacial score (nSPS) is 12.9. The van der Waals surface area contributed by atoms with Gasteiger partial charge in [0, 0.05) is 0 Å². The van der Waals surface area contributed by atoms with E-state index in [-0.39, 0.29) is 17.5 Å². The Morgan fingerprint density at radius 2 is 2.06 bits per heavy atom. The molecule has 1 aromatic carbocycles.